The van der Waals surface area contributed by atoms with Crippen molar-refractivity contribution >= 4 is 11.6 Å². The third kappa shape index (κ3) is 4.03. The Morgan fingerprint density at radius 1 is 0.808 bits per heavy atom. The van der Waals surface area contributed by atoms with E-state index in [0.717, 1.165) is 5.56 Å². The van der Waals surface area contributed by atoms with Gasteiger partial charge in [-0.2, -0.15) is 0 Å². The van der Waals surface area contributed by atoms with E-state index in [1.807, 2.05) is 30.3 Å². The van der Waals surface area contributed by atoms with Crippen LogP contribution in [0.5, 0.6) is 5.75 Å². The second kappa shape index (κ2) is 7.74. The van der Waals surface area contributed by atoms with Crippen LogP contribution in [0.15, 0.2) is 78.9 Å². The fraction of sp³-hybridized carbons (Fsp3) is 0.0909. The van der Waals surface area contributed by atoms with Crippen LogP contribution in [0.4, 0.5) is 4.39 Å². The van der Waals surface area contributed by atoms with Crippen molar-refractivity contribution in [3.05, 3.63) is 101 Å². The zero-order valence-electron chi connectivity index (χ0n) is 14.2. The lowest BCUT2D eigenvalue weighted by atomic mass is 10.0. The third-order valence-corrected chi connectivity index (χ3v) is 3.95. The highest BCUT2D eigenvalue weighted by Crippen LogP contribution is 2.24. The van der Waals surface area contributed by atoms with Gasteiger partial charge >= 0.3 is 0 Å². The highest BCUT2D eigenvalue weighted by molar-refractivity contribution is 6.09. The Labute approximate surface area is 151 Å². The monoisotopic (exact) mass is 348 g/mol. The van der Waals surface area contributed by atoms with Gasteiger partial charge in [-0.25, -0.2) is 4.39 Å². The molecular weight excluding hydrogens is 331 g/mol. The van der Waals surface area contributed by atoms with E-state index in [0.29, 0.717) is 16.9 Å². The van der Waals surface area contributed by atoms with Crippen LogP contribution in [0.3, 0.4) is 0 Å². The van der Waals surface area contributed by atoms with E-state index in [4.69, 9.17) is 4.74 Å². The maximum Gasteiger partial charge on any atom is 0.193 e. The van der Waals surface area contributed by atoms with Gasteiger partial charge in [0.15, 0.2) is 17.7 Å². The molecule has 3 aromatic carbocycles. The molecule has 1 atom stereocenters. The Morgan fingerprint density at radius 3 is 1.88 bits per heavy atom. The Balaban J connectivity index is 1.77. The molecule has 0 aliphatic carbocycles. The summed E-state index contributed by atoms with van der Waals surface area (Å²) in [4.78, 5) is 24.3. The molecule has 0 N–H and O–H groups in total. The molecule has 0 aliphatic rings. The molecule has 0 heterocycles. The first-order valence-electron chi connectivity index (χ1n) is 8.17. The first-order chi connectivity index (χ1) is 12.5. The van der Waals surface area contributed by atoms with Crippen LogP contribution < -0.4 is 4.74 Å². The maximum atomic E-state index is 13.0. The molecule has 0 spiro atoms. The summed E-state index contributed by atoms with van der Waals surface area (Å²) < 4.78 is 18.8. The molecule has 130 valence electrons. The van der Waals surface area contributed by atoms with Crippen molar-refractivity contribution in [1.82, 2.24) is 0 Å². The van der Waals surface area contributed by atoms with Crippen LogP contribution in [0.1, 0.15) is 34.5 Å². The van der Waals surface area contributed by atoms with E-state index < -0.39 is 6.10 Å². The zero-order chi connectivity index (χ0) is 18.5. The average molecular weight is 348 g/mol. The number of rotatable bonds is 6. The molecule has 0 bridgehead atoms. The van der Waals surface area contributed by atoms with Gasteiger partial charge in [-0.1, -0.05) is 30.3 Å². The SMILES string of the molecule is CC(=O)[C@H](Oc1ccc(C(=O)c2ccc(F)cc2)cc1)c1ccccc1. The molecule has 3 rings (SSSR count). The summed E-state index contributed by atoms with van der Waals surface area (Å²) in [5.41, 5.74) is 1.64. The summed E-state index contributed by atoms with van der Waals surface area (Å²) in [5, 5.41) is 0. The van der Waals surface area contributed by atoms with E-state index in [9.17, 15) is 14.0 Å². The van der Waals surface area contributed by atoms with Gasteiger partial charge in [-0.3, -0.25) is 9.59 Å². The average Bonchev–Trinajstić information content (AvgIpc) is 2.67. The zero-order valence-corrected chi connectivity index (χ0v) is 14.2. The Bertz CT molecular complexity index is 900. The highest BCUT2D eigenvalue weighted by Gasteiger charge is 2.18. The number of hydrogen-bond donors (Lipinski definition) is 0. The molecule has 0 saturated carbocycles. The van der Waals surface area contributed by atoms with Crippen LogP contribution in [-0.4, -0.2) is 11.6 Å². The van der Waals surface area contributed by atoms with Crippen molar-refractivity contribution in [3.63, 3.8) is 0 Å². The number of Topliss-reactive ketones (excluding diaryl/α,β-unsaturated/α-hetero) is 1. The number of halogens is 1. The summed E-state index contributed by atoms with van der Waals surface area (Å²) in [6, 6.07) is 21.2. The fourth-order valence-electron chi connectivity index (χ4n) is 2.60. The van der Waals surface area contributed by atoms with Crippen molar-refractivity contribution in [2.75, 3.05) is 0 Å². The summed E-state index contributed by atoms with van der Waals surface area (Å²) in [7, 11) is 0. The van der Waals surface area contributed by atoms with Crippen LogP contribution in [0.2, 0.25) is 0 Å². The highest BCUT2D eigenvalue weighted by atomic mass is 19.1. The minimum absolute atomic E-state index is 0.109. The van der Waals surface area contributed by atoms with E-state index in [1.165, 1.54) is 31.2 Å². The number of ketones is 2. The van der Waals surface area contributed by atoms with Gasteiger partial charge in [0, 0.05) is 11.1 Å². The van der Waals surface area contributed by atoms with E-state index in [2.05, 4.69) is 0 Å². The molecule has 0 saturated heterocycles. The number of carbonyl (C=O) groups excluding carboxylic acids is 2. The van der Waals surface area contributed by atoms with Crippen molar-refractivity contribution in [3.8, 4) is 5.75 Å². The molecule has 0 radical (unpaired) electrons. The second-order valence-electron chi connectivity index (χ2n) is 5.88. The molecule has 3 nitrogen and oxygen atoms in total. The van der Waals surface area contributed by atoms with Crippen molar-refractivity contribution in [1.29, 1.82) is 0 Å². The molecule has 0 aliphatic heterocycles. The standard InChI is InChI=1S/C22H17FO3/c1-15(24)22(18-5-3-2-4-6-18)26-20-13-9-17(10-14-20)21(25)16-7-11-19(23)12-8-16/h2-14,22H,1H3/t22-/m0/s1. The van der Waals surface area contributed by atoms with Gasteiger partial charge in [-0.05, 0) is 61.0 Å². The van der Waals surface area contributed by atoms with Crippen LogP contribution in [0.25, 0.3) is 0 Å². The first-order valence-corrected chi connectivity index (χ1v) is 8.17. The van der Waals surface area contributed by atoms with Crippen LogP contribution in [0, 0.1) is 5.82 Å². The van der Waals surface area contributed by atoms with Crippen LogP contribution in [-0.2, 0) is 4.79 Å². The van der Waals surface area contributed by atoms with Gasteiger partial charge in [0.1, 0.15) is 11.6 Å². The fourth-order valence-corrected chi connectivity index (χ4v) is 2.60. The minimum Gasteiger partial charge on any atom is -0.478 e. The maximum absolute atomic E-state index is 13.0. The summed E-state index contributed by atoms with van der Waals surface area (Å²) >= 11 is 0. The van der Waals surface area contributed by atoms with Gasteiger partial charge < -0.3 is 4.74 Å². The van der Waals surface area contributed by atoms with Crippen molar-refractivity contribution in [2.24, 2.45) is 0 Å². The smallest absolute Gasteiger partial charge is 0.193 e. The number of carbonyl (C=O) groups is 2. The normalized spacial score (nSPS) is 11.6. The largest absolute Gasteiger partial charge is 0.478 e. The lowest BCUT2D eigenvalue weighted by Crippen LogP contribution is -2.16. The lowest BCUT2D eigenvalue weighted by Gasteiger charge is -2.17. The Hall–Kier alpha value is -3.27. The molecule has 0 unspecified atom stereocenters. The van der Waals surface area contributed by atoms with E-state index >= 15 is 0 Å². The molecule has 0 fully saturated rings. The third-order valence-electron chi connectivity index (χ3n) is 3.95. The lowest BCUT2D eigenvalue weighted by molar-refractivity contribution is -0.123. The molecule has 0 aromatic heterocycles. The van der Waals surface area contributed by atoms with Gasteiger partial charge in [-0.15, -0.1) is 0 Å². The first kappa shape index (κ1) is 17.5. The summed E-state index contributed by atoms with van der Waals surface area (Å²) in [5.74, 6) is -0.211. The number of hydrogen-bond acceptors (Lipinski definition) is 3. The van der Waals surface area contributed by atoms with Crippen molar-refractivity contribution < 1.29 is 18.7 Å². The van der Waals surface area contributed by atoms with Gasteiger partial charge in [0.2, 0.25) is 0 Å². The van der Waals surface area contributed by atoms with E-state index in [-0.39, 0.29) is 17.4 Å². The Kier molecular flexibility index (Phi) is 5.23. The topological polar surface area (TPSA) is 43.4 Å². The Morgan fingerprint density at radius 2 is 1.35 bits per heavy atom. The van der Waals surface area contributed by atoms with Gasteiger partial charge in [0.25, 0.3) is 0 Å². The number of benzene rings is 3. The van der Waals surface area contributed by atoms with E-state index in [1.54, 1.807) is 24.3 Å². The molecule has 4 heteroatoms. The molecule has 3 aromatic rings. The van der Waals surface area contributed by atoms with Crippen molar-refractivity contribution in [2.45, 2.75) is 13.0 Å². The summed E-state index contributed by atoms with van der Waals surface area (Å²) in [6.07, 6.45) is -0.699. The van der Waals surface area contributed by atoms with Gasteiger partial charge in [0.05, 0.1) is 0 Å². The number of ether oxygens (including phenoxy) is 1. The molecular formula is C22H17FO3. The van der Waals surface area contributed by atoms with Crippen LogP contribution >= 0.6 is 0 Å². The summed E-state index contributed by atoms with van der Waals surface area (Å²) in [6.45, 7) is 1.48. The second-order valence-corrected chi connectivity index (χ2v) is 5.88. The predicted octanol–water partition coefficient (Wildman–Crippen LogP) is 4.77. The minimum atomic E-state index is -0.699. The predicted molar refractivity (Wildman–Crippen MR) is 96.8 cm³/mol. The molecule has 0 amide bonds. The quantitative estimate of drug-likeness (QED) is 0.603. The molecule has 26 heavy (non-hydrogen) atoms.